The largest absolute Gasteiger partial charge is 0.497 e. The summed E-state index contributed by atoms with van der Waals surface area (Å²) < 4.78 is 10.8. The van der Waals surface area contributed by atoms with Gasteiger partial charge >= 0.3 is 0 Å². The van der Waals surface area contributed by atoms with E-state index < -0.39 is 0 Å². The number of piperidine rings is 1. The molecule has 3 aliphatic rings. The third-order valence-corrected chi connectivity index (χ3v) is 7.89. The molecule has 7 heteroatoms. The normalized spacial score (nSPS) is 30.2. The highest BCUT2D eigenvalue weighted by Crippen LogP contribution is 2.53. The van der Waals surface area contributed by atoms with Crippen LogP contribution in [0.15, 0.2) is 24.3 Å². The number of methoxy groups -OCH3 is 2. The highest BCUT2D eigenvalue weighted by molar-refractivity contribution is 5.94. The van der Waals surface area contributed by atoms with E-state index in [9.17, 15) is 4.79 Å². The van der Waals surface area contributed by atoms with Gasteiger partial charge in [0.15, 0.2) is 0 Å². The van der Waals surface area contributed by atoms with Crippen LogP contribution in [0.3, 0.4) is 0 Å². The van der Waals surface area contributed by atoms with E-state index in [1.165, 1.54) is 19.3 Å². The Kier molecular flexibility index (Phi) is 4.96. The van der Waals surface area contributed by atoms with Crippen molar-refractivity contribution < 1.29 is 14.3 Å². The van der Waals surface area contributed by atoms with Crippen molar-refractivity contribution in [3.8, 4) is 22.8 Å². The summed E-state index contributed by atoms with van der Waals surface area (Å²) in [4.78, 5) is 18.4. The molecule has 2 aromatic rings. The lowest BCUT2D eigenvalue weighted by atomic mass is 9.71. The van der Waals surface area contributed by atoms with Crippen LogP contribution in [-0.4, -0.2) is 71.8 Å². The molecule has 2 aliphatic heterocycles. The summed E-state index contributed by atoms with van der Waals surface area (Å²) in [5.74, 6) is 1.46. The molecule has 2 bridgehead atoms. The number of nitrogens with one attached hydrogen (secondary N) is 1. The standard InChI is InChI=1S/C24H32N4O3/c1-24-13-15-14-27(2)21(24)7-5-6-8-22(24)28(15)23(29)19-12-18(25-26-19)17-10-9-16(30-3)11-20(17)31-4/h9-12,15,21-22H,5-8,13-14H2,1-4H3,(H,25,26)/t15-,21+,22-,24+/m0/s1. The van der Waals surface area contributed by atoms with Crippen LogP contribution in [0, 0.1) is 5.41 Å². The lowest BCUT2D eigenvalue weighted by Gasteiger charge is -2.44. The van der Waals surface area contributed by atoms with E-state index in [4.69, 9.17) is 9.47 Å². The zero-order valence-electron chi connectivity index (χ0n) is 18.9. The van der Waals surface area contributed by atoms with Crippen LogP contribution in [-0.2, 0) is 0 Å². The summed E-state index contributed by atoms with van der Waals surface area (Å²) in [7, 11) is 5.49. The number of ether oxygens (including phenoxy) is 2. The van der Waals surface area contributed by atoms with Gasteiger partial charge in [0, 0.05) is 41.7 Å². The van der Waals surface area contributed by atoms with E-state index in [1.54, 1.807) is 14.2 Å². The second-order valence-corrected chi connectivity index (χ2v) is 9.56. The van der Waals surface area contributed by atoms with Gasteiger partial charge in [-0.3, -0.25) is 9.89 Å². The Balaban J connectivity index is 1.46. The number of likely N-dealkylation sites (tertiary alicyclic amines) is 2. The maximum atomic E-state index is 13.7. The van der Waals surface area contributed by atoms with Crippen molar-refractivity contribution in [1.82, 2.24) is 20.0 Å². The van der Waals surface area contributed by atoms with Gasteiger partial charge in [-0.25, -0.2) is 0 Å². The Morgan fingerprint density at radius 2 is 1.94 bits per heavy atom. The average molecular weight is 425 g/mol. The third-order valence-electron chi connectivity index (χ3n) is 7.89. The van der Waals surface area contributed by atoms with Gasteiger partial charge in [0.25, 0.3) is 5.91 Å². The molecule has 3 fully saturated rings. The summed E-state index contributed by atoms with van der Waals surface area (Å²) in [6.45, 7) is 3.36. The number of hydrogen-bond donors (Lipinski definition) is 1. The van der Waals surface area contributed by atoms with Gasteiger partial charge in [0.2, 0.25) is 0 Å². The molecule has 7 nitrogen and oxygen atoms in total. The van der Waals surface area contributed by atoms with Crippen LogP contribution >= 0.6 is 0 Å². The fourth-order valence-corrected chi connectivity index (χ4v) is 6.51. The molecule has 0 radical (unpaired) electrons. The minimum Gasteiger partial charge on any atom is -0.497 e. The summed E-state index contributed by atoms with van der Waals surface area (Å²) in [6.07, 6.45) is 5.88. The monoisotopic (exact) mass is 424 g/mol. The molecular formula is C24H32N4O3. The van der Waals surface area contributed by atoms with Gasteiger partial charge < -0.3 is 19.3 Å². The van der Waals surface area contributed by atoms with Crippen molar-refractivity contribution >= 4 is 5.91 Å². The van der Waals surface area contributed by atoms with Crippen LogP contribution in [0.1, 0.15) is 49.5 Å². The lowest BCUT2D eigenvalue weighted by Crippen LogP contribution is -2.51. The molecule has 166 valence electrons. The SMILES string of the molecule is COc1ccc(-c2cc(C(=O)N3[C@@H]4CN(C)[C@@H]5CCCC[C@H]3[C@]5(C)C4)[nH]n2)c(OC)c1. The van der Waals surface area contributed by atoms with Crippen LogP contribution in [0.2, 0.25) is 0 Å². The molecule has 3 heterocycles. The zero-order valence-corrected chi connectivity index (χ0v) is 18.9. The molecule has 0 spiro atoms. The summed E-state index contributed by atoms with van der Waals surface area (Å²) in [6, 6.07) is 8.60. The second-order valence-electron chi connectivity index (χ2n) is 9.56. The van der Waals surface area contributed by atoms with Crippen molar-refractivity contribution in [2.75, 3.05) is 27.8 Å². The van der Waals surface area contributed by atoms with E-state index in [2.05, 4.69) is 34.0 Å². The summed E-state index contributed by atoms with van der Waals surface area (Å²) in [5.41, 5.74) is 2.26. The minimum absolute atomic E-state index is 0.0703. The Morgan fingerprint density at radius 3 is 2.68 bits per heavy atom. The number of nitrogens with zero attached hydrogens (tertiary/aromatic N) is 3. The first-order chi connectivity index (χ1) is 15.0. The molecular weight excluding hydrogens is 392 g/mol. The first-order valence-electron chi connectivity index (χ1n) is 11.3. The molecule has 31 heavy (non-hydrogen) atoms. The number of H-pyrrole nitrogens is 1. The number of likely N-dealkylation sites (N-methyl/N-ethyl adjacent to an activating group) is 1. The topological polar surface area (TPSA) is 70.7 Å². The molecule has 2 saturated heterocycles. The highest BCUT2D eigenvalue weighted by Gasteiger charge is 2.59. The van der Waals surface area contributed by atoms with E-state index in [0.717, 1.165) is 30.7 Å². The first kappa shape index (κ1) is 20.4. The number of hydrogen-bond acceptors (Lipinski definition) is 5. The van der Waals surface area contributed by atoms with Crippen molar-refractivity contribution in [3.05, 3.63) is 30.0 Å². The predicted molar refractivity (Wildman–Crippen MR) is 118 cm³/mol. The van der Waals surface area contributed by atoms with Gasteiger partial charge in [-0.2, -0.15) is 5.10 Å². The summed E-state index contributed by atoms with van der Waals surface area (Å²) in [5, 5.41) is 7.47. The average Bonchev–Trinajstić information content (AvgIpc) is 3.29. The molecule has 0 unspecified atom stereocenters. The Labute approximate surface area is 183 Å². The van der Waals surface area contributed by atoms with E-state index in [1.807, 2.05) is 24.3 Å². The smallest absolute Gasteiger partial charge is 0.272 e. The first-order valence-corrected chi connectivity index (χ1v) is 11.3. The molecule has 1 aromatic carbocycles. The van der Waals surface area contributed by atoms with Crippen molar-refractivity contribution in [2.45, 2.75) is 57.2 Å². The van der Waals surface area contributed by atoms with E-state index in [0.29, 0.717) is 29.2 Å². The Morgan fingerprint density at radius 1 is 1.16 bits per heavy atom. The van der Waals surface area contributed by atoms with Crippen molar-refractivity contribution in [2.24, 2.45) is 5.41 Å². The van der Waals surface area contributed by atoms with E-state index in [-0.39, 0.29) is 17.4 Å². The lowest BCUT2D eigenvalue weighted by molar-refractivity contribution is 0.0576. The molecule has 1 aliphatic carbocycles. The maximum Gasteiger partial charge on any atom is 0.272 e. The van der Waals surface area contributed by atoms with Gasteiger partial charge in [-0.1, -0.05) is 19.8 Å². The van der Waals surface area contributed by atoms with Gasteiger partial charge in [0.05, 0.1) is 19.9 Å². The molecule has 1 saturated carbocycles. The molecule has 5 rings (SSSR count). The van der Waals surface area contributed by atoms with Crippen LogP contribution in [0.25, 0.3) is 11.3 Å². The molecule has 4 atom stereocenters. The van der Waals surface area contributed by atoms with E-state index >= 15 is 0 Å². The fourth-order valence-electron chi connectivity index (χ4n) is 6.51. The third kappa shape index (κ3) is 3.13. The highest BCUT2D eigenvalue weighted by atomic mass is 16.5. The quantitative estimate of drug-likeness (QED) is 0.813. The van der Waals surface area contributed by atoms with Gasteiger partial charge in [0.1, 0.15) is 17.2 Å². The molecule has 1 aromatic heterocycles. The van der Waals surface area contributed by atoms with Crippen LogP contribution in [0.4, 0.5) is 0 Å². The number of carbonyl (C=O) groups is 1. The zero-order chi connectivity index (χ0) is 21.8. The molecule has 1 N–H and O–H groups in total. The van der Waals surface area contributed by atoms with Gasteiger partial charge in [-0.05, 0) is 44.5 Å². The maximum absolute atomic E-state index is 13.7. The predicted octanol–water partition coefficient (Wildman–Crippen LogP) is 3.57. The number of carbonyl (C=O) groups excluding carboxylic acids is 1. The fraction of sp³-hybridized carbons (Fsp3) is 0.583. The van der Waals surface area contributed by atoms with Crippen molar-refractivity contribution in [1.29, 1.82) is 0 Å². The number of fused-ring (bicyclic) bond motifs is 1. The summed E-state index contributed by atoms with van der Waals surface area (Å²) >= 11 is 0. The molecule has 1 amide bonds. The number of benzene rings is 1. The number of aromatic nitrogens is 2. The second kappa shape index (κ2) is 7.55. The Bertz CT molecular complexity index is 989. The Hall–Kier alpha value is -2.54. The van der Waals surface area contributed by atoms with Crippen molar-refractivity contribution in [3.63, 3.8) is 0 Å². The number of rotatable bonds is 4. The number of amides is 1. The number of aromatic amines is 1. The van der Waals surface area contributed by atoms with Gasteiger partial charge in [-0.15, -0.1) is 0 Å². The van der Waals surface area contributed by atoms with Crippen LogP contribution < -0.4 is 9.47 Å². The van der Waals surface area contributed by atoms with Crippen LogP contribution in [0.5, 0.6) is 11.5 Å². The minimum atomic E-state index is 0.0703.